The van der Waals surface area contributed by atoms with Crippen LogP contribution in [0.25, 0.3) is 11.0 Å². The van der Waals surface area contributed by atoms with Gasteiger partial charge in [-0.3, -0.25) is 9.88 Å². The molecule has 1 N–H and O–H groups in total. The molecule has 1 fully saturated rings. The number of nitrogens with zero attached hydrogens (tertiary/aromatic N) is 4. The summed E-state index contributed by atoms with van der Waals surface area (Å²) in [6.45, 7) is 9.90. The van der Waals surface area contributed by atoms with Gasteiger partial charge in [-0.2, -0.15) is 0 Å². The second-order valence-electron chi connectivity index (χ2n) is 6.02. The largest absolute Gasteiger partial charge is 0.327 e. The van der Waals surface area contributed by atoms with E-state index in [-0.39, 0.29) is 0 Å². The molecule has 3 heterocycles. The molecular weight excluding hydrogens is 274 g/mol. The Morgan fingerprint density at radius 3 is 3.00 bits per heavy atom. The molecule has 2 aromatic heterocycles. The first kappa shape index (κ1) is 15.4. The predicted molar refractivity (Wildman–Crippen MR) is 89.9 cm³/mol. The quantitative estimate of drug-likeness (QED) is 0.922. The first-order valence-corrected chi connectivity index (χ1v) is 8.60. The standard InChI is InChI=1S/C17H27N5/c1-3-6-16(21-11-5-8-18-10-12-21)17-20-14-13-19-9-7-15(14)22(17)4-2/h7,9,13,16,18H,3-6,8,10-12H2,1-2H3. The number of aromatic nitrogens is 3. The molecule has 1 saturated heterocycles. The molecule has 0 bridgehead atoms. The molecule has 0 aromatic carbocycles. The summed E-state index contributed by atoms with van der Waals surface area (Å²) in [6.07, 6.45) is 7.31. The average molecular weight is 301 g/mol. The lowest BCUT2D eigenvalue weighted by Crippen LogP contribution is -2.33. The molecule has 0 aliphatic carbocycles. The average Bonchev–Trinajstić information content (AvgIpc) is 2.71. The van der Waals surface area contributed by atoms with Crippen molar-refractivity contribution in [2.24, 2.45) is 0 Å². The first-order valence-electron chi connectivity index (χ1n) is 8.60. The van der Waals surface area contributed by atoms with Crippen LogP contribution in [0, 0.1) is 0 Å². The molecule has 120 valence electrons. The summed E-state index contributed by atoms with van der Waals surface area (Å²) in [6, 6.07) is 2.50. The number of aryl methyl sites for hydroxylation is 1. The van der Waals surface area contributed by atoms with Crippen molar-refractivity contribution in [1.82, 2.24) is 24.8 Å². The van der Waals surface area contributed by atoms with Crippen molar-refractivity contribution in [3.63, 3.8) is 0 Å². The smallest absolute Gasteiger partial charge is 0.127 e. The van der Waals surface area contributed by atoms with E-state index in [9.17, 15) is 0 Å². The molecule has 1 unspecified atom stereocenters. The second kappa shape index (κ2) is 7.20. The van der Waals surface area contributed by atoms with Gasteiger partial charge in [-0.1, -0.05) is 13.3 Å². The van der Waals surface area contributed by atoms with Crippen molar-refractivity contribution < 1.29 is 0 Å². The van der Waals surface area contributed by atoms with Crippen molar-refractivity contribution in [1.29, 1.82) is 0 Å². The maximum Gasteiger partial charge on any atom is 0.127 e. The van der Waals surface area contributed by atoms with Crippen LogP contribution in [-0.4, -0.2) is 45.6 Å². The first-order chi connectivity index (χ1) is 10.8. The van der Waals surface area contributed by atoms with Crippen LogP contribution in [0.2, 0.25) is 0 Å². The minimum absolute atomic E-state index is 0.414. The van der Waals surface area contributed by atoms with Crippen molar-refractivity contribution in [3.8, 4) is 0 Å². The molecule has 22 heavy (non-hydrogen) atoms. The molecule has 0 amide bonds. The minimum Gasteiger partial charge on any atom is -0.327 e. The summed E-state index contributed by atoms with van der Waals surface area (Å²) < 4.78 is 2.37. The lowest BCUT2D eigenvalue weighted by atomic mass is 10.1. The zero-order valence-corrected chi connectivity index (χ0v) is 13.8. The van der Waals surface area contributed by atoms with Crippen LogP contribution < -0.4 is 5.32 Å². The van der Waals surface area contributed by atoms with E-state index in [0.717, 1.165) is 44.7 Å². The van der Waals surface area contributed by atoms with Crippen LogP contribution in [0.15, 0.2) is 18.5 Å². The van der Waals surface area contributed by atoms with Gasteiger partial charge in [0, 0.05) is 32.4 Å². The fraction of sp³-hybridized carbons (Fsp3) is 0.647. The van der Waals surface area contributed by atoms with E-state index in [4.69, 9.17) is 4.98 Å². The highest BCUT2D eigenvalue weighted by atomic mass is 15.2. The van der Waals surface area contributed by atoms with E-state index < -0.39 is 0 Å². The Labute approximate surface area is 132 Å². The number of fused-ring (bicyclic) bond motifs is 1. The minimum atomic E-state index is 0.414. The summed E-state index contributed by atoms with van der Waals surface area (Å²) in [7, 11) is 0. The normalized spacial score (nSPS) is 18.5. The van der Waals surface area contributed by atoms with Gasteiger partial charge in [0.25, 0.3) is 0 Å². The van der Waals surface area contributed by atoms with Crippen LogP contribution >= 0.6 is 0 Å². The lowest BCUT2D eigenvalue weighted by molar-refractivity contribution is 0.187. The third kappa shape index (κ3) is 3.01. The molecule has 3 rings (SSSR count). The van der Waals surface area contributed by atoms with Crippen LogP contribution in [-0.2, 0) is 6.54 Å². The molecule has 5 heteroatoms. The van der Waals surface area contributed by atoms with Crippen LogP contribution in [0.3, 0.4) is 0 Å². The Kier molecular flexibility index (Phi) is 5.05. The SMILES string of the molecule is CCCC(c1nc2cnccc2n1CC)N1CCCNCC1. The van der Waals surface area contributed by atoms with Gasteiger partial charge in [0.2, 0.25) is 0 Å². The highest BCUT2D eigenvalue weighted by Gasteiger charge is 2.25. The van der Waals surface area contributed by atoms with Crippen LogP contribution in [0.4, 0.5) is 0 Å². The number of nitrogens with one attached hydrogen (secondary N) is 1. The Hall–Kier alpha value is -1.46. The summed E-state index contributed by atoms with van der Waals surface area (Å²) in [5.74, 6) is 1.22. The van der Waals surface area contributed by atoms with Crippen molar-refractivity contribution >= 4 is 11.0 Å². The van der Waals surface area contributed by atoms with Crippen molar-refractivity contribution in [3.05, 3.63) is 24.3 Å². The monoisotopic (exact) mass is 301 g/mol. The molecule has 1 aliphatic heterocycles. The Morgan fingerprint density at radius 1 is 1.27 bits per heavy atom. The van der Waals surface area contributed by atoms with Gasteiger partial charge in [0.1, 0.15) is 11.3 Å². The van der Waals surface area contributed by atoms with E-state index in [1.807, 2.05) is 12.4 Å². The van der Waals surface area contributed by atoms with Crippen LogP contribution in [0.1, 0.15) is 45.0 Å². The van der Waals surface area contributed by atoms with Crippen molar-refractivity contribution in [2.45, 2.75) is 45.7 Å². The maximum absolute atomic E-state index is 4.95. The molecule has 5 nitrogen and oxygen atoms in total. The van der Waals surface area contributed by atoms with Crippen molar-refractivity contribution in [2.75, 3.05) is 26.2 Å². The van der Waals surface area contributed by atoms with Gasteiger partial charge in [0.05, 0.1) is 17.8 Å². The number of rotatable bonds is 5. The third-order valence-corrected chi connectivity index (χ3v) is 4.57. The molecule has 0 spiro atoms. The number of imidazole rings is 1. The molecule has 0 radical (unpaired) electrons. The molecule has 1 aliphatic rings. The fourth-order valence-electron chi connectivity index (χ4n) is 3.51. The Morgan fingerprint density at radius 2 is 2.18 bits per heavy atom. The number of hydrogen-bond acceptors (Lipinski definition) is 4. The summed E-state index contributed by atoms with van der Waals surface area (Å²) in [5.41, 5.74) is 2.23. The molecule has 0 saturated carbocycles. The maximum atomic E-state index is 4.95. The van der Waals surface area contributed by atoms with Gasteiger partial charge in [-0.15, -0.1) is 0 Å². The van der Waals surface area contributed by atoms with Gasteiger partial charge in [0.15, 0.2) is 0 Å². The van der Waals surface area contributed by atoms with Gasteiger partial charge in [-0.25, -0.2) is 4.98 Å². The predicted octanol–water partition coefficient (Wildman–Crippen LogP) is 2.59. The van der Waals surface area contributed by atoms with E-state index in [0.29, 0.717) is 6.04 Å². The van der Waals surface area contributed by atoms with E-state index in [1.54, 1.807) is 0 Å². The topological polar surface area (TPSA) is 46.0 Å². The second-order valence-corrected chi connectivity index (χ2v) is 6.02. The van der Waals surface area contributed by atoms with Gasteiger partial charge < -0.3 is 9.88 Å². The highest BCUT2D eigenvalue weighted by Crippen LogP contribution is 2.28. The highest BCUT2D eigenvalue weighted by molar-refractivity contribution is 5.74. The third-order valence-electron chi connectivity index (χ3n) is 4.57. The summed E-state index contributed by atoms with van der Waals surface area (Å²) >= 11 is 0. The van der Waals surface area contributed by atoms with Gasteiger partial charge in [-0.05, 0) is 32.4 Å². The summed E-state index contributed by atoms with van der Waals surface area (Å²) in [5, 5.41) is 3.50. The van der Waals surface area contributed by atoms with Crippen LogP contribution in [0.5, 0.6) is 0 Å². The van der Waals surface area contributed by atoms with E-state index >= 15 is 0 Å². The van der Waals surface area contributed by atoms with Gasteiger partial charge >= 0.3 is 0 Å². The Balaban J connectivity index is 1.99. The van der Waals surface area contributed by atoms with E-state index in [1.165, 1.54) is 24.2 Å². The molecule has 1 atom stereocenters. The number of hydrogen-bond donors (Lipinski definition) is 1. The lowest BCUT2D eigenvalue weighted by Gasteiger charge is -2.30. The zero-order valence-electron chi connectivity index (χ0n) is 13.8. The number of pyridine rings is 1. The summed E-state index contributed by atoms with van der Waals surface area (Å²) in [4.78, 5) is 11.8. The molecular formula is C17H27N5. The molecule has 2 aromatic rings. The van der Waals surface area contributed by atoms with E-state index in [2.05, 4.69) is 39.7 Å². The Bertz CT molecular complexity index is 598. The zero-order chi connectivity index (χ0) is 15.4. The fourth-order valence-corrected chi connectivity index (χ4v) is 3.51.